The average Bonchev–Trinajstić information content (AvgIpc) is 3.62. The smallest absolute Gasteiger partial charge is 0.273 e. The Morgan fingerprint density at radius 3 is 2.55 bits per heavy atom. The van der Waals surface area contributed by atoms with Gasteiger partial charge >= 0.3 is 0 Å². The molecule has 1 unspecified atom stereocenters. The van der Waals surface area contributed by atoms with Crippen molar-refractivity contribution < 1.29 is 23.1 Å². The maximum Gasteiger partial charge on any atom is 0.273 e. The molecule has 0 saturated carbocycles. The van der Waals surface area contributed by atoms with E-state index in [9.17, 15) is 9.18 Å². The van der Waals surface area contributed by atoms with E-state index in [1.807, 2.05) is 54.6 Å². The lowest BCUT2D eigenvalue weighted by atomic mass is 10.1. The first kappa shape index (κ1) is 25.6. The van der Waals surface area contributed by atoms with E-state index in [2.05, 4.69) is 15.2 Å². The van der Waals surface area contributed by atoms with Gasteiger partial charge in [-0.25, -0.2) is 9.37 Å². The summed E-state index contributed by atoms with van der Waals surface area (Å²) < 4.78 is 30.7. The number of benzene rings is 3. The highest BCUT2D eigenvalue weighted by atomic mass is 19.1. The van der Waals surface area contributed by atoms with Crippen LogP contribution in [0.25, 0.3) is 0 Å². The number of carbonyl (C=O) groups is 1. The van der Waals surface area contributed by atoms with Gasteiger partial charge in [-0.1, -0.05) is 42.5 Å². The Hall–Kier alpha value is -4.01. The van der Waals surface area contributed by atoms with E-state index in [-0.39, 0.29) is 23.5 Å². The van der Waals surface area contributed by atoms with Crippen molar-refractivity contribution in [2.45, 2.75) is 38.6 Å². The second kappa shape index (κ2) is 12.5. The molecule has 1 atom stereocenters. The highest BCUT2D eigenvalue weighted by Crippen LogP contribution is 2.23. The second-order valence-electron chi connectivity index (χ2n) is 9.31. The third-order valence-corrected chi connectivity index (χ3v) is 6.26. The number of oxazole rings is 1. The van der Waals surface area contributed by atoms with Gasteiger partial charge in [0.2, 0.25) is 5.89 Å². The van der Waals surface area contributed by atoms with Gasteiger partial charge in [0.25, 0.3) is 5.91 Å². The Labute approximate surface area is 221 Å². The molecule has 7 nitrogen and oxygen atoms in total. The second-order valence-corrected chi connectivity index (χ2v) is 9.31. The van der Waals surface area contributed by atoms with E-state index >= 15 is 0 Å². The minimum atomic E-state index is -0.286. The Balaban J connectivity index is 1.27. The Morgan fingerprint density at radius 2 is 1.76 bits per heavy atom. The van der Waals surface area contributed by atoms with Crippen molar-refractivity contribution in [3.8, 4) is 11.5 Å². The molecule has 1 N–H and O–H groups in total. The largest absolute Gasteiger partial charge is 0.457 e. The van der Waals surface area contributed by atoms with Gasteiger partial charge in [-0.3, -0.25) is 9.69 Å². The molecule has 196 valence electrons. The molecule has 1 aliphatic heterocycles. The number of amides is 1. The zero-order valence-corrected chi connectivity index (χ0v) is 21.0. The summed E-state index contributed by atoms with van der Waals surface area (Å²) in [4.78, 5) is 19.1. The molecule has 4 aromatic rings. The van der Waals surface area contributed by atoms with E-state index in [4.69, 9.17) is 13.9 Å². The van der Waals surface area contributed by atoms with Crippen LogP contribution in [0.4, 0.5) is 4.39 Å². The number of hydrogen-bond acceptors (Lipinski definition) is 6. The van der Waals surface area contributed by atoms with Gasteiger partial charge in [0, 0.05) is 26.2 Å². The molecular weight excluding hydrogens is 485 g/mol. The van der Waals surface area contributed by atoms with Crippen molar-refractivity contribution in [1.29, 1.82) is 0 Å². The predicted octanol–water partition coefficient (Wildman–Crippen LogP) is 5.72. The molecule has 2 heterocycles. The minimum absolute atomic E-state index is 0.0538. The topological polar surface area (TPSA) is 76.8 Å². The van der Waals surface area contributed by atoms with E-state index < -0.39 is 0 Å². The van der Waals surface area contributed by atoms with Crippen LogP contribution in [0.15, 0.2) is 89.5 Å². The van der Waals surface area contributed by atoms with E-state index in [0.29, 0.717) is 32.1 Å². The number of rotatable bonds is 11. The zero-order valence-electron chi connectivity index (χ0n) is 21.0. The van der Waals surface area contributed by atoms with Gasteiger partial charge in [-0.15, -0.1) is 0 Å². The Bertz CT molecular complexity index is 1320. The SMILES string of the molecule is O=C(NCC1CCCO1)c1coc(CN(Cc2ccc(F)cc2)Cc2cccc(Oc3ccccc3)c2)n1. The highest BCUT2D eigenvalue weighted by molar-refractivity contribution is 5.91. The standard InChI is InChI=1S/C30H30FN3O4/c31-24-13-11-22(12-14-24)18-34(19-23-6-4-9-26(16-23)38-25-7-2-1-3-8-25)20-29-33-28(21-37-29)30(35)32-17-27-10-5-15-36-27/h1-4,6-9,11-14,16,21,27H,5,10,15,17-20H2,(H,32,35). The zero-order chi connectivity index (χ0) is 26.2. The lowest BCUT2D eigenvalue weighted by molar-refractivity contribution is 0.0853. The molecule has 5 rings (SSSR count). The molecular formula is C30H30FN3O4. The van der Waals surface area contributed by atoms with Crippen LogP contribution in [0.5, 0.6) is 11.5 Å². The van der Waals surface area contributed by atoms with Crippen LogP contribution in [0.1, 0.15) is 40.3 Å². The highest BCUT2D eigenvalue weighted by Gasteiger charge is 2.19. The number of halogens is 1. The lowest BCUT2D eigenvalue weighted by Crippen LogP contribution is -2.32. The van der Waals surface area contributed by atoms with Crippen LogP contribution in [0.3, 0.4) is 0 Å². The quantitative estimate of drug-likeness (QED) is 0.275. The van der Waals surface area contributed by atoms with Gasteiger partial charge in [-0.2, -0.15) is 0 Å². The van der Waals surface area contributed by atoms with Gasteiger partial charge in [-0.05, 0) is 60.4 Å². The molecule has 0 radical (unpaired) electrons. The van der Waals surface area contributed by atoms with Crippen LogP contribution in [-0.2, 0) is 24.4 Å². The summed E-state index contributed by atoms with van der Waals surface area (Å²) in [6.07, 6.45) is 3.39. The van der Waals surface area contributed by atoms with E-state index in [1.165, 1.54) is 18.4 Å². The lowest BCUT2D eigenvalue weighted by Gasteiger charge is -2.21. The molecule has 1 fully saturated rings. The van der Waals surface area contributed by atoms with Crippen molar-refractivity contribution in [3.63, 3.8) is 0 Å². The maximum absolute atomic E-state index is 13.5. The number of nitrogens with zero attached hydrogens (tertiary/aromatic N) is 2. The summed E-state index contributed by atoms with van der Waals surface area (Å²) >= 11 is 0. The molecule has 3 aromatic carbocycles. The van der Waals surface area contributed by atoms with Crippen LogP contribution in [-0.4, -0.2) is 35.0 Å². The van der Waals surface area contributed by atoms with Crippen molar-refractivity contribution in [2.75, 3.05) is 13.2 Å². The van der Waals surface area contributed by atoms with Crippen molar-refractivity contribution in [2.24, 2.45) is 0 Å². The van der Waals surface area contributed by atoms with Crippen molar-refractivity contribution in [1.82, 2.24) is 15.2 Å². The molecule has 38 heavy (non-hydrogen) atoms. The fourth-order valence-electron chi connectivity index (χ4n) is 4.39. The molecule has 1 saturated heterocycles. The Morgan fingerprint density at radius 1 is 0.974 bits per heavy atom. The van der Waals surface area contributed by atoms with Crippen LogP contribution in [0, 0.1) is 5.82 Å². The molecule has 1 aliphatic rings. The number of carbonyl (C=O) groups excluding carboxylic acids is 1. The van der Waals surface area contributed by atoms with Gasteiger partial charge < -0.3 is 19.2 Å². The molecule has 0 bridgehead atoms. The number of aromatic nitrogens is 1. The van der Waals surface area contributed by atoms with Crippen molar-refractivity contribution in [3.05, 3.63) is 114 Å². The summed E-state index contributed by atoms with van der Waals surface area (Å²) in [5, 5.41) is 2.87. The minimum Gasteiger partial charge on any atom is -0.457 e. The first-order valence-electron chi connectivity index (χ1n) is 12.7. The normalized spacial score (nSPS) is 15.1. The average molecular weight is 516 g/mol. The van der Waals surface area contributed by atoms with Crippen LogP contribution in [0.2, 0.25) is 0 Å². The molecule has 1 aromatic heterocycles. The molecule has 0 spiro atoms. The third-order valence-electron chi connectivity index (χ3n) is 6.26. The number of hydrogen-bond donors (Lipinski definition) is 1. The van der Waals surface area contributed by atoms with E-state index in [1.54, 1.807) is 12.1 Å². The Kier molecular flexibility index (Phi) is 8.42. The van der Waals surface area contributed by atoms with Gasteiger partial charge in [0.15, 0.2) is 5.69 Å². The maximum atomic E-state index is 13.5. The van der Waals surface area contributed by atoms with Gasteiger partial charge in [0.05, 0.1) is 12.6 Å². The summed E-state index contributed by atoms with van der Waals surface area (Å²) in [7, 11) is 0. The number of nitrogens with one attached hydrogen (secondary N) is 1. The summed E-state index contributed by atoms with van der Waals surface area (Å²) in [5.74, 6) is 1.35. The molecule has 1 amide bonds. The van der Waals surface area contributed by atoms with Gasteiger partial charge in [0.1, 0.15) is 23.6 Å². The molecule has 0 aliphatic carbocycles. The van der Waals surface area contributed by atoms with E-state index in [0.717, 1.165) is 42.1 Å². The summed E-state index contributed by atoms with van der Waals surface area (Å²) in [5.41, 5.74) is 2.21. The summed E-state index contributed by atoms with van der Waals surface area (Å²) in [6.45, 7) is 2.65. The fraction of sp³-hybridized carbons (Fsp3) is 0.267. The predicted molar refractivity (Wildman–Crippen MR) is 140 cm³/mol. The van der Waals surface area contributed by atoms with Crippen molar-refractivity contribution >= 4 is 5.91 Å². The van der Waals surface area contributed by atoms with Crippen LogP contribution < -0.4 is 10.1 Å². The first-order valence-corrected chi connectivity index (χ1v) is 12.7. The fourth-order valence-corrected chi connectivity index (χ4v) is 4.39. The number of ether oxygens (including phenoxy) is 2. The summed E-state index contributed by atoms with van der Waals surface area (Å²) in [6, 6.07) is 23.9. The van der Waals surface area contributed by atoms with Crippen LogP contribution >= 0.6 is 0 Å². The monoisotopic (exact) mass is 515 g/mol. The molecule has 8 heteroatoms. The first-order chi connectivity index (χ1) is 18.6. The third kappa shape index (κ3) is 7.27. The number of para-hydroxylation sites is 1.